The van der Waals surface area contributed by atoms with Crippen molar-refractivity contribution in [2.45, 2.75) is 12.8 Å². The lowest BCUT2D eigenvalue weighted by Crippen LogP contribution is -2.29. The molecule has 0 aliphatic rings. The second-order valence-electron chi connectivity index (χ2n) is 3.67. The van der Waals surface area contributed by atoms with E-state index in [1.165, 1.54) is 24.3 Å². The van der Waals surface area contributed by atoms with Crippen LogP contribution in [0.25, 0.3) is 0 Å². The highest BCUT2D eigenvalue weighted by atomic mass is 16.4. The molecule has 18 heavy (non-hydrogen) atoms. The zero-order chi connectivity index (χ0) is 13.5. The zero-order valence-electron chi connectivity index (χ0n) is 9.55. The fraction of sp³-hybridized carbons (Fsp3) is 0.250. The van der Waals surface area contributed by atoms with Crippen LogP contribution in [-0.4, -0.2) is 34.4 Å². The normalized spacial score (nSPS) is 9.78. The summed E-state index contributed by atoms with van der Waals surface area (Å²) in [7, 11) is 0. The maximum absolute atomic E-state index is 11.5. The molecule has 96 valence electrons. The molecule has 1 amide bonds. The third-order valence-corrected chi connectivity index (χ3v) is 2.17. The molecule has 1 aromatic carbocycles. The van der Waals surface area contributed by atoms with Crippen molar-refractivity contribution in [3.63, 3.8) is 0 Å². The highest BCUT2D eigenvalue weighted by molar-refractivity contribution is 5.97. The van der Waals surface area contributed by atoms with Gasteiger partial charge in [0.1, 0.15) is 5.75 Å². The lowest BCUT2D eigenvalue weighted by atomic mass is 10.2. The number of carboxylic acid groups (broad SMARTS) is 1. The predicted molar refractivity (Wildman–Crippen MR) is 62.3 cm³/mol. The summed E-state index contributed by atoms with van der Waals surface area (Å²) >= 11 is 0. The Kier molecular flexibility index (Phi) is 4.86. The average Bonchev–Trinajstić information content (AvgIpc) is 2.33. The number of Topliss-reactive ketones (excluding diaryl/α,β-unsaturated/α-hetero) is 1. The number of carboxylic acids is 1. The third kappa shape index (κ3) is 4.65. The molecule has 0 saturated heterocycles. The number of phenols is 1. The predicted octanol–water partition coefficient (Wildman–Crippen LogP) is 0.556. The van der Waals surface area contributed by atoms with Crippen LogP contribution >= 0.6 is 0 Å². The van der Waals surface area contributed by atoms with E-state index >= 15 is 0 Å². The van der Waals surface area contributed by atoms with Gasteiger partial charge in [-0.1, -0.05) is 6.07 Å². The number of benzene rings is 1. The number of carbonyl (C=O) groups excluding carboxylic acids is 2. The van der Waals surface area contributed by atoms with Crippen molar-refractivity contribution in [2.24, 2.45) is 0 Å². The van der Waals surface area contributed by atoms with E-state index in [9.17, 15) is 19.5 Å². The molecule has 0 atom stereocenters. The Morgan fingerprint density at radius 1 is 1.17 bits per heavy atom. The Bertz CT molecular complexity index is 469. The van der Waals surface area contributed by atoms with Gasteiger partial charge in [-0.2, -0.15) is 0 Å². The number of hydrogen-bond acceptors (Lipinski definition) is 4. The standard InChI is InChI=1S/C12H13NO5/c14-9-3-1-2-8(6-9)12(18)13-7-10(15)4-5-11(16)17/h1-3,6,14H,4-5,7H2,(H,13,18)(H,16,17). The van der Waals surface area contributed by atoms with Crippen molar-refractivity contribution in [3.05, 3.63) is 29.8 Å². The summed E-state index contributed by atoms with van der Waals surface area (Å²) in [5.74, 6) is -1.94. The van der Waals surface area contributed by atoms with E-state index < -0.39 is 11.9 Å². The lowest BCUT2D eigenvalue weighted by Gasteiger charge is -2.04. The van der Waals surface area contributed by atoms with E-state index in [1.54, 1.807) is 0 Å². The minimum atomic E-state index is -1.05. The van der Waals surface area contributed by atoms with Gasteiger partial charge in [0.25, 0.3) is 5.91 Å². The summed E-state index contributed by atoms with van der Waals surface area (Å²) in [4.78, 5) is 33.0. The Balaban J connectivity index is 2.42. The van der Waals surface area contributed by atoms with Gasteiger partial charge in [-0.3, -0.25) is 14.4 Å². The number of carbonyl (C=O) groups is 3. The first-order chi connectivity index (χ1) is 8.49. The van der Waals surface area contributed by atoms with Gasteiger partial charge in [0, 0.05) is 12.0 Å². The molecule has 0 saturated carbocycles. The number of ketones is 1. The third-order valence-electron chi connectivity index (χ3n) is 2.17. The maximum atomic E-state index is 11.5. The Morgan fingerprint density at radius 3 is 2.50 bits per heavy atom. The molecule has 6 heteroatoms. The molecule has 0 bridgehead atoms. The lowest BCUT2D eigenvalue weighted by molar-refractivity contribution is -0.138. The van der Waals surface area contributed by atoms with Crippen LogP contribution in [0, 0.1) is 0 Å². The van der Waals surface area contributed by atoms with Crippen molar-refractivity contribution in [3.8, 4) is 5.75 Å². The zero-order valence-corrected chi connectivity index (χ0v) is 9.55. The second-order valence-corrected chi connectivity index (χ2v) is 3.67. The van der Waals surface area contributed by atoms with E-state index in [0.29, 0.717) is 0 Å². The summed E-state index contributed by atoms with van der Waals surface area (Å²) in [6.07, 6.45) is -0.365. The fourth-order valence-corrected chi connectivity index (χ4v) is 1.26. The smallest absolute Gasteiger partial charge is 0.303 e. The van der Waals surface area contributed by atoms with Crippen molar-refractivity contribution in [2.75, 3.05) is 6.54 Å². The van der Waals surface area contributed by atoms with E-state index in [0.717, 1.165) is 0 Å². The monoisotopic (exact) mass is 251 g/mol. The molecule has 0 radical (unpaired) electrons. The van der Waals surface area contributed by atoms with Crippen LogP contribution in [0.4, 0.5) is 0 Å². The van der Waals surface area contributed by atoms with E-state index in [4.69, 9.17) is 5.11 Å². The van der Waals surface area contributed by atoms with Crippen LogP contribution in [-0.2, 0) is 9.59 Å². The number of aliphatic carboxylic acids is 1. The van der Waals surface area contributed by atoms with Crippen molar-refractivity contribution in [1.29, 1.82) is 0 Å². The molecule has 0 aliphatic heterocycles. The average molecular weight is 251 g/mol. The molecule has 3 N–H and O–H groups in total. The summed E-state index contributed by atoms with van der Waals surface area (Å²) in [5, 5.41) is 19.9. The van der Waals surface area contributed by atoms with E-state index in [-0.39, 0.29) is 36.5 Å². The number of amides is 1. The second kappa shape index (κ2) is 6.39. The van der Waals surface area contributed by atoms with Gasteiger partial charge in [-0.05, 0) is 18.2 Å². The van der Waals surface area contributed by atoms with Crippen molar-refractivity contribution < 1.29 is 24.6 Å². The molecule has 0 aliphatic carbocycles. The van der Waals surface area contributed by atoms with Gasteiger partial charge in [0.2, 0.25) is 0 Å². The van der Waals surface area contributed by atoms with Gasteiger partial charge in [-0.15, -0.1) is 0 Å². The summed E-state index contributed by atoms with van der Waals surface area (Å²) in [5.41, 5.74) is 0.237. The molecule has 0 heterocycles. The molecule has 0 fully saturated rings. The molecular formula is C12H13NO5. The summed E-state index contributed by atoms with van der Waals surface area (Å²) in [6.45, 7) is -0.220. The largest absolute Gasteiger partial charge is 0.508 e. The summed E-state index contributed by atoms with van der Waals surface area (Å²) in [6, 6.07) is 5.71. The van der Waals surface area contributed by atoms with E-state index in [2.05, 4.69) is 5.32 Å². The van der Waals surface area contributed by atoms with Crippen LogP contribution < -0.4 is 5.32 Å². The van der Waals surface area contributed by atoms with E-state index in [1.807, 2.05) is 0 Å². The molecule has 6 nitrogen and oxygen atoms in total. The van der Waals surface area contributed by atoms with Crippen LogP contribution in [0.1, 0.15) is 23.2 Å². The van der Waals surface area contributed by atoms with Gasteiger partial charge >= 0.3 is 5.97 Å². The first-order valence-corrected chi connectivity index (χ1v) is 5.30. The number of phenolic OH excluding ortho intramolecular Hbond substituents is 1. The molecular weight excluding hydrogens is 238 g/mol. The van der Waals surface area contributed by atoms with Crippen LogP contribution in [0.15, 0.2) is 24.3 Å². The van der Waals surface area contributed by atoms with Gasteiger partial charge in [0.15, 0.2) is 5.78 Å². The first-order valence-electron chi connectivity index (χ1n) is 5.30. The Labute approximate surface area is 103 Å². The maximum Gasteiger partial charge on any atom is 0.303 e. The van der Waals surface area contributed by atoms with Gasteiger partial charge < -0.3 is 15.5 Å². The number of rotatable bonds is 6. The number of nitrogens with one attached hydrogen (secondary N) is 1. The fourth-order valence-electron chi connectivity index (χ4n) is 1.26. The highest BCUT2D eigenvalue weighted by Crippen LogP contribution is 2.10. The number of hydrogen-bond donors (Lipinski definition) is 3. The first kappa shape index (κ1) is 13.7. The van der Waals surface area contributed by atoms with Gasteiger partial charge in [-0.25, -0.2) is 0 Å². The molecule has 0 aromatic heterocycles. The topological polar surface area (TPSA) is 104 Å². The van der Waals surface area contributed by atoms with Crippen LogP contribution in [0.2, 0.25) is 0 Å². The van der Waals surface area contributed by atoms with Crippen molar-refractivity contribution in [1.82, 2.24) is 5.32 Å². The Hall–Kier alpha value is -2.37. The Morgan fingerprint density at radius 2 is 1.89 bits per heavy atom. The quantitative estimate of drug-likeness (QED) is 0.685. The summed E-state index contributed by atoms with van der Waals surface area (Å²) < 4.78 is 0. The van der Waals surface area contributed by atoms with Crippen molar-refractivity contribution >= 4 is 17.7 Å². The molecule has 1 aromatic rings. The van der Waals surface area contributed by atoms with Crippen LogP contribution in [0.3, 0.4) is 0 Å². The number of aromatic hydroxyl groups is 1. The van der Waals surface area contributed by atoms with Gasteiger partial charge in [0.05, 0.1) is 13.0 Å². The highest BCUT2D eigenvalue weighted by Gasteiger charge is 2.09. The molecule has 0 spiro atoms. The molecule has 1 rings (SSSR count). The molecule has 0 unspecified atom stereocenters. The minimum absolute atomic E-state index is 0.0418. The van der Waals surface area contributed by atoms with Crippen LogP contribution in [0.5, 0.6) is 5.75 Å². The minimum Gasteiger partial charge on any atom is -0.508 e. The SMILES string of the molecule is O=C(O)CCC(=O)CNC(=O)c1cccc(O)c1.